The Bertz CT molecular complexity index is 499. The topological polar surface area (TPSA) is 38.0 Å². The number of benzene rings is 2. The van der Waals surface area contributed by atoms with Gasteiger partial charge < -0.3 is 0 Å². The minimum absolute atomic E-state index is 0.198. The zero-order valence-electron chi connectivity index (χ0n) is 11.2. The van der Waals surface area contributed by atoms with Crippen LogP contribution in [0.1, 0.15) is 23.6 Å². The lowest BCUT2D eigenvalue weighted by Gasteiger charge is -2.19. The smallest absolute Gasteiger partial charge is 0.0474 e. The van der Waals surface area contributed by atoms with E-state index in [9.17, 15) is 0 Å². The Morgan fingerprint density at radius 2 is 1.74 bits per heavy atom. The SMILES string of the molecule is CSc1ccccc1C(CCc1ccccc1)NN. The third kappa shape index (κ3) is 3.83. The zero-order chi connectivity index (χ0) is 13.5. The fraction of sp³-hybridized carbons (Fsp3) is 0.250. The largest absolute Gasteiger partial charge is 0.271 e. The van der Waals surface area contributed by atoms with E-state index in [0.29, 0.717) is 0 Å². The number of nitrogens with two attached hydrogens (primary N) is 1. The van der Waals surface area contributed by atoms with E-state index in [2.05, 4.69) is 60.2 Å². The Morgan fingerprint density at radius 1 is 1.05 bits per heavy atom. The minimum atomic E-state index is 0.198. The van der Waals surface area contributed by atoms with Gasteiger partial charge in [0.15, 0.2) is 0 Å². The molecule has 1 unspecified atom stereocenters. The van der Waals surface area contributed by atoms with Crippen LogP contribution in [0.4, 0.5) is 0 Å². The van der Waals surface area contributed by atoms with Crippen LogP contribution in [-0.2, 0) is 6.42 Å². The Morgan fingerprint density at radius 3 is 2.42 bits per heavy atom. The molecule has 3 N–H and O–H groups in total. The van der Waals surface area contributed by atoms with Crippen molar-refractivity contribution in [3.8, 4) is 0 Å². The molecule has 19 heavy (non-hydrogen) atoms. The lowest BCUT2D eigenvalue weighted by molar-refractivity contribution is 0.509. The normalized spacial score (nSPS) is 12.3. The van der Waals surface area contributed by atoms with Gasteiger partial charge in [0.05, 0.1) is 0 Å². The molecule has 0 bridgehead atoms. The number of aryl methyl sites for hydroxylation is 1. The summed E-state index contributed by atoms with van der Waals surface area (Å²) in [5.41, 5.74) is 5.59. The van der Waals surface area contributed by atoms with Crippen molar-refractivity contribution < 1.29 is 0 Å². The van der Waals surface area contributed by atoms with Crippen molar-refractivity contribution in [3.05, 3.63) is 65.7 Å². The van der Waals surface area contributed by atoms with Crippen molar-refractivity contribution in [3.63, 3.8) is 0 Å². The number of hydrazine groups is 1. The molecule has 0 saturated carbocycles. The first kappa shape index (κ1) is 14.1. The maximum Gasteiger partial charge on any atom is 0.0474 e. The summed E-state index contributed by atoms with van der Waals surface area (Å²) in [6, 6.07) is 19.2. The molecule has 0 heterocycles. The molecule has 0 aliphatic carbocycles. The first-order chi connectivity index (χ1) is 9.35. The molecule has 0 spiro atoms. The van der Waals surface area contributed by atoms with Gasteiger partial charge in [-0.25, -0.2) is 0 Å². The van der Waals surface area contributed by atoms with E-state index in [0.717, 1.165) is 12.8 Å². The second-order valence-corrected chi connectivity index (χ2v) is 5.33. The third-order valence-electron chi connectivity index (χ3n) is 3.28. The Balaban J connectivity index is 2.08. The summed E-state index contributed by atoms with van der Waals surface area (Å²) in [5, 5.41) is 0. The van der Waals surface area contributed by atoms with E-state index >= 15 is 0 Å². The third-order valence-corrected chi connectivity index (χ3v) is 4.09. The average molecular weight is 272 g/mol. The van der Waals surface area contributed by atoms with Crippen LogP contribution in [0, 0.1) is 0 Å². The van der Waals surface area contributed by atoms with E-state index in [1.165, 1.54) is 16.0 Å². The van der Waals surface area contributed by atoms with Crippen LogP contribution < -0.4 is 11.3 Å². The summed E-state index contributed by atoms with van der Waals surface area (Å²) in [6.45, 7) is 0. The molecule has 1 atom stereocenters. The minimum Gasteiger partial charge on any atom is -0.271 e. The summed E-state index contributed by atoms with van der Waals surface area (Å²) in [7, 11) is 0. The molecular weight excluding hydrogens is 252 g/mol. The summed E-state index contributed by atoms with van der Waals surface area (Å²) in [5.74, 6) is 5.73. The molecule has 2 aromatic carbocycles. The molecule has 0 saturated heterocycles. The molecule has 100 valence electrons. The zero-order valence-corrected chi connectivity index (χ0v) is 12.0. The second kappa shape index (κ2) is 7.34. The predicted octanol–water partition coefficient (Wildman–Crippen LogP) is 3.55. The maximum atomic E-state index is 5.73. The molecular formula is C16H20N2S. The van der Waals surface area contributed by atoms with Gasteiger partial charge in [-0.3, -0.25) is 11.3 Å². The summed E-state index contributed by atoms with van der Waals surface area (Å²) >= 11 is 1.77. The number of rotatable bonds is 6. The monoisotopic (exact) mass is 272 g/mol. The molecule has 0 aliphatic rings. The second-order valence-electron chi connectivity index (χ2n) is 4.49. The van der Waals surface area contributed by atoms with Crippen molar-refractivity contribution >= 4 is 11.8 Å². The fourth-order valence-corrected chi connectivity index (χ4v) is 2.90. The first-order valence-corrected chi connectivity index (χ1v) is 7.70. The molecule has 2 aromatic rings. The lowest BCUT2D eigenvalue weighted by atomic mass is 9.99. The highest BCUT2D eigenvalue weighted by Crippen LogP contribution is 2.28. The van der Waals surface area contributed by atoms with Crippen LogP contribution in [0.2, 0.25) is 0 Å². The van der Waals surface area contributed by atoms with Gasteiger partial charge in [0.25, 0.3) is 0 Å². The van der Waals surface area contributed by atoms with Gasteiger partial charge in [0.2, 0.25) is 0 Å². The molecule has 2 rings (SSSR count). The van der Waals surface area contributed by atoms with Crippen LogP contribution in [0.15, 0.2) is 59.5 Å². The standard InChI is InChI=1S/C16H20N2S/c1-19-16-10-6-5-9-14(16)15(18-17)12-11-13-7-3-2-4-8-13/h2-10,15,18H,11-12,17H2,1H3. The van der Waals surface area contributed by atoms with Crippen LogP contribution in [0.25, 0.3) is 0 Å². The van der Waals surface area contributed by atoms with Crippen LogP contribution in [-0.4, -0.2) is 6.26 Å². The first-order valence-electron chi connectivity index (χ1n) is 6.48. The van der Waals surface area contributed by atoms with Gasteiger partial charge in [-0.15, -0.1) is 11.8 Å². The van der Waals surface area contributed by atoms with Crippen LogP contribution >= 0.6 is 11.8 Å². The van der Waals surface area contributed by atoms with Crippen molar-refractivity contribution in [1.29, 1.82) is 0 Å². The van der Waals surface area contributed by atoms with Crippen molar-refractivity contribution in [2.24, 2.45) is 5.84 Å². The maximum absolute atomic E-state index is 5.73. The molecule has 0 aliphatic heterocycles. The quantitative estimate of drug-likeness (QED) is 0.480. The van der Waals surface area contributed by atoms with E-state index < -0.39 is 0 Å². The number of hydrogen-bond donors (Lipinski definition) is 2. The van der Waals surface area contributed by atoms with Gasteiger partial charge in [-0.05, 0) is 36.3 Å². The molecule has 0 amide bonds. The summed E-state index contributed by atoms with van der Waals surface area (Å²) < 4.78 is 0. The van der Waals surface area contributed by atoms with Gasteiger partial charge >= 0.3 is 0 Å². The molecule has 0 fully saturated rings. The van der Waals surface area contributed by atoms with E-state index in [1.54, 1.807) is 11.8 Å². The van der Waals surface area contributed by atoms with Crippen LogP contribution in [0.5, 0.6) is 0 Å². The number of nitrogens with one attached hydrogen (secondary N) is 1. The Hall–Kier alpha value is -1.29. The molecule has 0 aromatic heterocycles. The summed E-state index contributed by atoms with van der Waals surface area (Å²) in [4.78, 5) is 1.29. The average Bonchev–Trinajstić information content (AvgIpc) is 2.49. The Kier molecular flexibility index (Phi) is 5.45. The number of hydrogen-bond acceptors (Lipinski definition) is 3. The van der Waals surface area contributed by atoms with E-state index in [1.807, 2.05) is 6.07 Å². The van der Waals surface area contributed by atoms with Crippen molar-refractivity contribution in [2.45, 2.75) is 23.8 Å². The van der Waals surface area contributed by atoms with E-state index in [4.69, 9.17) is 5.84 Å². The Labute approximate surface area is 119 Å². The van der Waals surface area contributed by atoms with Gasteiger partial charge in [-0.2, -0.15) is 0 Å². The van der Waals surface area contributed by atoms with E-state index in [-0.39, 0.29) is 6.04 Å². The molecule has 0 radical (unpaired) electrons. The highest BCUT2D eigenvalue weighted by molar-refractivity contribution is 7.98. The lowest BCUT2D eigenvalue weighted by Crippen LogP contribution is -2.28. The van der Waals surface area contributed by atoms with Gasteiger partial charge in [0, 0.05) is 10.9 Å². The predicted molar refractivity (Wildman–Crippen MR) is 83.1 cm³/mol. The van der Waals surface area contributed by atoms with Gasteiger partial charge in [0.1, 0.15) is 0 Å². The highest BCUT2D eigenvalue weighted by atomic mass is 32.2. The fourth-order valence-electron chi connectivity index (χ4n) is 2.24. The van der Waals surface area contributed by atoms with Crippen molar-refractivity contribution in [1.82, 2.24) is 5.43 Å². The number of thioether (sulfide) groups is 1. The molecule has 3 heteroatoms. The van der Waals surface area contributed by atoms with Crippen molar-refractivity contribution in [2.75, 3.05) is 6.26 Å². The van der Waals surface area contributed by atoms with Gasteiger partial charge in [-0.1, -0.05) is 48.5 Å². The van der Waals surface area contributed by atoms with Crippen LogP contribution in [0.3, 0.4) is 0 Å². The molecule has 2 nitrogen and oxygen atoms in total. The summed E-state index contributed by atoms with van der Waals surface area (Å²) in [6.07, 6.45) is 4.13. The highest BCUT2D eigenvalue weighted by Gasteiger charge is 2.13.